The number of carbonyl (C=O) groups excluding carboxylic acids is 2. The van der Waals surface area contributed by atoms with E-state index in [1.165, 1.54) is 219 Å². The Morgan fingerprint density at radius 3 is 0.317 bits per heavy atom. The number of esters is 2. The quantitative estimate of drug-likeness (QED) is 0.0642. The van der Waals surface area contributed by atoms with Crippen molar-refractivity contribution in [1.29, 1.82) is 0 Å². The SMILES string of the molecule is CCCCCC.CCCCCC.CCCCCC.CCCCCC.CCCCCC.CCCCCC.CCCCCC.CCCCCC.CCOC(C)=O.CCOC(C)=O. The van der Waals surface area contributed by atoms with Crippen molar-refractivity contribution in [2.45, 2.75) is 344 Å². The molecule has 376 valence electrons. The zero-order valence-corrected chi connectivity index (χ0v) is 46.7. The average molecular weight is 866 g/mol. The molecule has 0 aromatic carbocycles. The topological polar surface area (TPSA) is 52.6 Å². The van der Waals surface area contributed by atoms with Gasteiger partial charge in [-0.1, -0.05) is 316 Å². The molecule has 0 aromatic rings. The van der Waals surface area contributed by atoms with E-state index in [2.05, 4.69) is 120 Å². The number of ether oxygens (including phenoxy) is 2. The molecule has 0 heterocycles. The van der Waals surface area contributed by atoms with Crippen molar-refractivity contribution >= 4 is 11.9 Å². The molecule has 0 saturated heterocycles. The van der Waals surface area contributed by atoms with Gasteiger partial charge in [0, 0.05) is 13.8 Å². The zero-order chi connectivity index (χ0) is 48.6. The highest BCUT2D eigenvalue weighted by Crippen LogP contribution is 1.99. The van der Waals surface area contributed by atoms with Crippen LogP contribution in [0.25, 0.3) is 0 Å². The van der Waals surface area contributed by atoms with Crippen molar-refractivity contribution in [3.8, 4) is 0 Å². The van der Waals surface area contributed by atoms with E-state index in [1.54, 1.807) is 13.8 Å². The second kappa shape index (κ2) is 112. The second-order valence-corrected chi connectivity index (χ2v) is 15.5. The Labute approximate surface area is 386 Å². The molecule has 0 unspecified atom stereocenters. The molecule has 4 heteroatoms. The van der Waals surface area contributed by atoms with Crippen molar-refractivity contribution < 1.29 is 19.1 Å². The van der Waals surface area contributed by atoms with Crippen molar-refractivity contribution in [1.82, 2.24) is 0 Å². The Bertz CT molecular complexity index is 405. The Morgan fingerprint density at radius 2 is 0.300 bits per heavy atom. The van der Waals surface area contributed by atoms with E-state index in [9.17, 15) is 9.59 Å². The fourth-order valence-corrected chi connectivity index (χ4v) is 4.41. The lowest BCUT2D eigenvalue weighted by atomic mass is 10.2. The summed E-state index contributed by atoms with van der Waals surface area (Å²) < 4.78 is 8.81. The Hall–Kier alpha value is -1.06. The lowest BCUT2D eigenvalue weighted by molar-refractivity contribution is -0.141. The maximum absolute atomic E-state index is 9.82. The predicted octanol–water partition coefficient (Wildman–Crippen LogP) is 21.8. The summed E-state index contributed by atoms with van der Waals surface area (Å²) >= 11 is 0. The third-order valence-electron chi connectivity index (χ3n) is 8.35. The van der Waals surface area contributed by atoms with Gasteiger partial charge in [0.05, 0.1) is 13.2 Å². The molecule has 0 rings (SSSR count). The summed E-state index contributed by atoms with van der Waals surface area (Å²) in [5.74, 6) is -0.421. The summed E-state index contributed by atoms with van der Waals surface area (Å²) in [6, 6.07) is 0. The summed E-state index contributed by atoms with van der Waals surface area (Å²) in [6.07, 6.45) is 44.3. The smallest absolute Gasteiger partial charge is 0.302 e. The normalized spacial score (nSPS) is 8.73. The van der Waals surface area contributed by atoms with Crippen LogP contribution in [0.3, 0.4) is 0 Å². The van der Waals surface area contributed by atoms with Crippen LogP contribution in [0.15, 0.2) is 0 Å². The van der Waals surface area contributed by atoms with Crippen LogP contribution in [0.1, 0.15) is 344 Å². The highest BCUT2D eigenvalue weighted by Gasteiger charge is 1.83. The van der Waals surface area contributed by atoms with Gasteiger partial charge in [-0.2, -0.15) is 0 Å². The van der Waals surface area contributed by atoms with E-state index in [1.807, 2.05) is 0 Å². The molecule has 0 N–H and O–H groups in total. The second-order valence-electron chi connectivity index (χ2n) is 15.5. The van der Waals surface area contributed by atoms with Crippen molar-refractivity contribution in [2.24, 2.45) is 0 Å². The average Bonchev–Trinajstić information content (AvgIpc) is 3.25. The monoisotopic (exact) mass is 865 g/mol. The number of unbranched alkanes of at least 4 members (excludes halogenated alkanes) is 24. The maximum atomic E-state index is 9.82. The molecule has 0 atom stereocenters. The fraction of sp³-hybridized carbons (Fsp3) is 0.964. The first-order chi connectivity index (χ1) is 28.9. The molecule has 0 saturated carbocycles. The molecule has 60 heavy (non-hydrogen) atoms. The Kier molecular flexibility index (Phi) is 154. The van der Waals surface area contributed by atoms with Gasteiger partial charge in [0.1, 0.15) is 0 Å². The van der Waals surface area contributed by atoms with E-state index in [0.717, 1.165) is 0 Å². The summed E-state index contributed by atoms with van der Waals surface area (Å²) in [4.78, 5) is 19.6. The molecule has 0 aliphatic rings. The van der Waals surface area contributed by atoms with Crippen LogP contribution >= 0.6 is 0 Å². The molecule has 0 spiro atoms. The molecule has 0 aromatic heterocycles. The Morgan fingerprint density at radius 1 is 0.217 bits per heavy atom. The van der Waals surface area contributed by atoms with Crippen LogP contribution in [0.2, 0.25) is 0 Å². The van der Waals surface area contributed by atoms with Crippen molar-refractivity contribution in [3.05, 3.63) is 0 Å². The van der Waals surface area contributed by atoms with E-state index < -0.39 is 0 Å². The van der Waals surface area contributed by atoms with E-state index in [0.29, 0.717) is 13.2 Å². The highest BCUT2D eigenvalue weighted by molar-refractivity contribution is 5.66. The number of hydrogen-bond acceptors (Lipinski definition) is 4. The third-order valence-corrected chi connectivity index (χ3v) is 8.35. The lowest BCUT2D eigenvalue weighted by Gasteiger charge is -1.89. The summed E-state index contributed by atoms with van der Waals surface area (Å²) in [5, 5.41) is 0. The largest absolute Gasteiger partial charge is 0.466 e. The minimum absolute atomic E-state index is 0.211. The van der Waals surface area contributed by atoms with Gasteiger partial charge in [0.15, 0.2) is 0 Å². The van der Waals surface area contributed by atoms with Crippen LogP contribution < -0.4 is 0 Å². The van der Waals surface area contributed by atoms with E-state index in [-0.39, 0.29) is 11.9 Å². The van der Waals surface area contributed by atoms with Gasteiger partial charge in [-0.05, 0) is 13.8 Å². The molecule has 0 aliphatic carbocycles. The van der Waals surface area contributed by atoms with Crippen molar-refractivity contribution in [3.63, 3.8) is 0 Å². The number of carbonyl (C=O) groups is 2. The van der Waals surface area contributed by atoms with Gasteiger partial charge in [0.25, 0.3) is 0 Å². The molecular formula is C56H128O4. The third kappa shape index (κ3) is 213. The van der Waals surface area contributed by atoms with Crippen molar-refractivity contribution in [2.75, 3.05) is 13.2 Å². The van der Waals surface area contributed by atoms with Gasteiger partial charge in [-0.15, -0.1) is 0 Å². The zero-order valence-electron chi connectivity index (χ0n) is 46.7. The molecule has 0 amide bonds. The first-order valence-corrected chi connectivity index (χ1v) is 27.1. The van der Waals surface area contributed by atoms with Crippen LogP contribution in [0, 0.1) is 0 Å². The van der Waals surface area contributed by atoms with Crippen LogP contribution in [-0.2, 0) is 19.1 Å². The fourth-order valence-electron chi connectivity index (χ4n) is 4.41. The molecular weight excluding hydrogens is 737 g/mol. The highest BCUT2D eigenvalue weighted by atomic mass is 16.5. The van der Waals surface area contributed by atoms with Crippen LogP contribution in [0.5, 0.6) is 0 Å². The summed E-state index contributed by atoms with van der Waals surface area (Å²) in [6.45, 7) is 43.0. The van der Waals surface area contributed by atoms with Gasteiger partial charge >= 0.3 is 11.9 Å². The maximum Gasteiger partial charge on any atom is 0.302 e. The standard InChI is InChI=1S/8C6H14.2C4H8O2/c8*1-3-5-6-4-2;2*1-3-6-4(2)5/h8*3-6H2,1-2H3;2*3H2,1-2H3. The molecule has 0 radical (unpaired) electrons. The number of rotatable bonds is 26. The van der Waals surface area contributed by atoms with Gasteiger partial charge < -0.3 is 9.47 Å². The van der Waals surface area contributed by atoms with Gasteiger partial charge in [-0.3, -0.25) is 9.59 Å². The predicted molar refractivity (Wildman–Crippen MR) is 283 cm³/mol. The van der Waals surface area contributed by atoms with Crippen LogP contribution in [0.4, 0.5) is 0 Å². The van der Waals surface area contributed by atoms with Gasteiger partial charge in [0.2, 0.25) is 0 Å². The molecule has 0 fully saturated rings. The van der Waals surface area contributed by atoms with Gasteiger partial charge in [-0.25, -0.2) is 0 Å². The first kappa shape index (κ1) is 82.6. The van der Waals surface area contributed by atoms with E-state index in [4.69, 9.17) is 0 Å². The summed E-state index contributed by atoms with van der Waals surface area (Å²) in [7, 11) is 0. The molecule has 4 nitrogen and oxygen atoms in total. The molecule has 0 bridgehead atoms. The van der Waals surface area contributed by atoms with Crippen LogP contribution in [-0.4, -0.2) is 25.2 Å². The molecule has 0 aliphatic heterocycles. The summed E-state index contributed by atoms with van der Waals surface area (Å²) in [5.41, 5.74) is 0. The Balaban J connectivity index is -0.0000000579. The minimum Gasteiger partial charge on any atom is -0.466 e. The number of hydrogen-bond donors (Lipinski definition) is 0. The first-order valence-electron chi connectivity index (χ1n) is 27.1. The minimum atomic E-state index is -0.211. The lowest BCUT2D eigenvalue weighted by Crippen LogP contribution is -1.95. The van der Waals surface area contributed by atoms with E-state index >= 15 is 0 Å².